The molecule has 4 nitrogen and oxygen atoms in total. The number of aryl methyl sites for hydroxylation is 1. The van der Waals surface area contributed by atoms with Gasteiger partial charge in [0.25, 0.3) is 0 Å². The summed E-state index contributed by atoms with van der Waals surface area (Å²) in [7, 11) is 0. The molecule has 0 spiro atoms. The maximum absolute atomic E-state index is 4.37. The Morgan fingerprint density at radius 1 is 1.53 bits per heavy atom. The molecule has 3 unspecified atom stereocenters. The molecule has 0 aliphatic carbocycles. The third-order valence-corrected chi connectivity index (χ3v) is 3.77. The van der Waals surface area contributed by atoms with Crippen molar-refractivity contribution in [2.45, 2.75) is 52.4 Å². The van der Waals surface area contributed by atoms with Gasteiger partial charge in [0.2, 0.25) is 0 Å². The highest BCUT2D eigenvalue weighted by Crippen LogP contribution is 2.23. The average Bonchev–Trinajstić information content (AvgIpc) is 2.80. The molecular weight excluding hydrogens is 212 g/mol. The van der Waals surface area contributed by atoms with E-state index in [0.717, 1.165) is 19.6 Å². The Kier molecular flexibility index (Phi) is 3.84. The molecule has 0 aromatic carbocycles. The van der Waals surface area contributed by atoms with E-state index >= 15 is 0 Å². The Balaban J connectivity index is 2.09. The first-order chi connectivity index (χ1) is 8.11. The first kappa shape index (κ1) is 12.6. The normalized spacial score (nSPS) is 28.2. The van der Waals surface area contributed by atoms with Crippen molar-refractivity contribution in [2.75, 3.05) is 13.1 Å². The molecule has 1 aliphatic rings. The molecule has 17 heavy (non-hydrogen) atoms. The summed E-state index contributed by atoms with van der Waals surface area (Å²) in [4.78, 5) is 2.57. The van der Waals surface area contributed by atoms with Gasteiger partial charge in [0, 0.05) is 49.5 Å². The maximum Gasteiger partial charge on any atom is 0.0537 e. The molecule has 3 atom stereocenters. The lowest BCUT2D eigenvalue weighted by Gasteiger charge is -2.41. The van der Waals surface area contributed by atoms with E-state index in [1.54, 1.807) is 0 Å². The third-order valence-electron chi connectivity index (χ3n) is 3.77. The van der Waals surface area contributed by atoms with Gasteiger partial charge in [0.15, 0.2) is 0 Å². The predicted molar refractivity (Wildman–Crippen MR) is 69.9 cm³/mol. The maximum atomic E-state index is 4.37. The number of rotatable bonds is 3. The van der Waals surface area contributed by atoms with E-state index in [2.05, 4.69) is 49.2 Å². The smallest absolute Gasteiger partial charge is 0.0537 e. The van der Waals surface area contributed by atoms with E-state index < -0.39 is 0 Å². The van der Waals surface area contributed by atoms with Crippen molar-refractivity contribution in [3.63, 3.8) is 0 Å². The van der Waals surface area contributed by atoms with Crippen LogP contribution < -0.4 is 5.32 Å². The van der Waals surface area contributed by atoms with Gasteiger partial charge < -0.3 is 5.32 Å². The minimum atomic E-state index is 0.454. The molecule has 1 saturated heterocycles. The Morgan fingerprint density at radius 2 is 2.29 bits per heavy atom. The summed E-state index contributed by atoms with van der Waals surface area (Å²) >= 11 is 0. The molecule has 1 N–H and O–H groups in total. The monoisotopic (exact) mass is 236 g/mol. The molecule has 0 radical (unpaired) electrons. The van der Waals surface area contributed by atoms with Crippen molar-refractivity contribution in [2.24, 2.45) is 0 Å². The van der Waals surface area contributed by atoms with Crippen molar-refractivity contribution in [1.82, 2.24) is 20.0 Å². The van der Waals surface area contributed by atoms with E-state index in [1.165, 1.54) is 5.56 Å². The minimum absolute atomic E-state index is 0.454. The van der Waals surface area contributed by atoms with Crippen LogP contribution in [0.4, 0.5) is 0 Å². The molecule has 0 saturated carbocycles. The highest BCUT2D eigenvalue weighted by molar-refractivity contribution is 5.10. The van der Waals surface area contributed by atoms with Gasteiger partial charge in [-0.1, -0.05) is 0 Å². The van der Waals surface area contributed by atoms with Gasteiger partial charge in [0.1, 0.15) is 0 Å². The summed E-state index contributed by atoms with van der Waals surface area (Å²) in [5.41, 5.74) is 1.33. The van der Waals surface area contributed by atoms with E-state index in [-0.39, 0.29) is 0 Å². The highest BCUT2D eigenvalue weighted by atomic mass is 15.3. The van der Waals surface area contributed by atoms with Crippen LogP contribution in [0.1, 0.15) is 39.3 Å². The number of nitrogens with one attached hydrogen (secondary N) is 1. The molecule has 1 aromatic rings. The lowest BCUT2D eigenvalue weighted by Crippen LogP contribution is -2.54. The van der Waals surface area contributed by atoms with Gasteiger partial charge in [-0.3, -0.25) is 9.58 Å². The van der Waals surface area contributed by atoms with Crippen LogP contribution in [0.15, 0.2) is 12.4 Å². The van der Waals surface area contributed by atoms with Crippen molar-refractivity contribution < 1.29 is 0 Å². The van der Waals surface area contributed by atoms with E-state index in [0.29, 0.717) is 18.1 Å². The first-order valence-corrected chi connectivity index (χ1v) is 6.63. The molecule has 2 heterocycles. The molecular formula is C13H24N4. The van der Waals surface area contributed by atoms with Crippen molar-refractivity contribution >= 4 is 0 Å². The Morgan fingerprint density at radius 3 is 2.94 bits per heavy atom. The topological polar surface area (TPSA) is 33.1 Å². The second-order valence-corrected chi connectivity index (χ2v) is 5.16. The lowest BCUT2D eigenvalue weighted by molar-refractivity contribution is 0.103. The van der Waals surface area contributed by atoms with E-state index in [9.17, 15) is 0 Å². The van der Waals surface area contributed by atoms with E-state index in [1.807, 2.05) is 10.9 Å². The number of piperazine rings is 1. The Hall–Kier alpha value is -0.870. The molecule has 1 aliphatic heterocycles. The van der Waals surface area contributed by atoms with Gasteiger partial charge in [-0.2, -0.15) is 5.10 Å². The van der Waals surface area contributed by atoms with Gasteiger partial charge in [-0.05, 0) is 27.7 Å². The number of nitrogens with zero attached hydrogens (tertiary/aromatic N) is 3. The average molecular weight is 236 g/mol. The van der Waals surface area contributed by atoms with Crippen LogP contribution in [0.5, 0.6) is 0 Å². The molecule has 2 rings (SSSR count). The van der Waals surface area contributed by atoms with Crippen LogP contribution in [0, 0.1) is 0 Å². The molecule has 0 amide bonds. The van der Waals surface area contributed by atoms with Crippen LogP contribution in [0.2, 0.25) is 0 Å². The van der Waals surface area contributed by atoms with Crippen molar-refractivity contribution in [3.05, 3.63) is 18.0 Å². The Bertz CT molecular complexity index is 360. The summed E-state index contributed by atoms with van der Waals surface area (Å²) in [5, 5.41) is 7.89. The summed E-state index contributed by atoms with van der Waals surface area (Å²) in [6.45, 7) is 12.1. The fourth-order valence-electron chi connectivity index (χ4n) is 2.55. The number of hydrogen-bond donors (Lipinski definition) is 1. The number of aromatic nitrogens is 2. The zero-order valence-electron chi connectivity index (χ0n) is 11.3. The zero-order valence-corrected chi connectivity index (χ0v) is 11.3. The zero-order chi connectivity index (χ0) is 12.4. The van der Waals surface area contributed by atoms with Gasteiger partial charge in [0.05, 0.1) is 6.20 Å². The molecule has 96 valence electrons. The SMILES string of the molecule is CCn1cc(C(C)N2CC(C)NCC2C)cn1. The Labute approximate surface area is 104 Å². The predicted octanol–water partition coefficient (Wildman–Crippen LogP) is 1.65. The summed E-state index contributed by atoms with van der Waals surface area (Å²) in [6, 6.07) is 1.62. The van der Waals surface area contributed by atoms with Crippen LogP contribution in [-0.2, 0) is 6.54 Å². The van der Waals surface area contributed by atoms with Gasteiger partial charge in [-0.15, -0.1) is 0 Å². The summed E-state index contributed by atoms with van der Waals surface area (Å²) in [6.07, 6.45) is 4.18. The van der Waals surface area contributed by atoms with Crippen molar-refractivity contribution in [1.29, 1.82) is 0 Å². The molecule has 1 aromatic heterocycles. The van der Waals surface area contributed by atoms with Crippen LogP contribution in [0.25, 0.3) is 0 Å². The second kappa shape index (κ2) is 5.19. The highest BCUT2D eigenvalue weighted by Gasteiger charge is 2.27. The third kappa shape index (κ3) is 2.69. The van der Waals surface area contributed by atoms with Crippen LogP contribution in [-0.4, -0.2) is 39.9 Å². The minimum Gasteiger partial charge on any atom is -0.311 e. The van der Waals surface area contributed by atoms with E-state index in [4.69, 9.17) is 0 Å². The van der Waals surface area contributed by atoms with Crippen LogP contribution in [0.3, 0.4) is 0 Å². The lowest BCUT2D eigenvalue weighted by atomic mass is 10.0. The van der Waals surface area contributed by atoms with Gasteiger partial charge in [-0.25, -0.2) is 0 Å². The van der Waals surface area contributed by atoms with Crippen molar-refractivity contribution in [3.8, 4) is 0 Å². The molecule has 0 bridgehead atoms. The standard InChI is InChI=1S/C13H24N4/c1-5-16-9-13(7-15-16)12(4)17-8-10(2)14-6-11(17)3/h7,9-12,14H,5-6,8H2,1-4H3. The number of hydrogen-bond acceptors (Lipinski definition) is 3. The first-order valence-electron chi connectivity index (χ1n) is 6.63. The summed E-state index contributed by atoms with van der Waals surface area (Å²) in [5.74, 6) is 0. The second-order valence-electron chi connectivity index (χ2n) is 5.16. The quantitative estimate of drug-likeness (QED) is 0.866. The fourth-order valence-corrected chi connectivity index (χ4v) is 2.55. The van der Waals surface area contributed by atoms with Gasteiger partial charge >= 0.3 is 0 Å². The largest absolute Gasteiger partial charge is 0.311 e. The van der Waals surface area contributed by atoms with Crippen LogP contribution >= 0.6 is 0 Å². The summed E-state index contributed by atoms with van der Waals surface area (Å²) < 4.78 is 2.00. The molecule has 4 heteroatoms. The fraction of sp³-hybridized carbons (Fsp3) is 0.769. The molecule has 1 fully saturated rings.